The molecule has 0 radical (unpaired) electrons. The minimum atomic E-state index is -4.73. The molecule has 12 heteroatoms. The summed E-state index contributed by atoms with van der Waals surface area (Å²) in [6.07, 6.45) is 46.1. The number of carboxylic acids is 1. The molecule has 0 aliphatic heterocycles. The van der Waals surface area contributed by atoms with E-state index in [1.54, 1.807) is 0 Å². The largest absolute Gasteiger partial charge is 0.480 e. The second-order valence-electron chi connectivity index (χ2n) is 15.2. The van der Waals surface area contributed by atoms with Gasteiger partial charge in [-0.2, -0.15) is 0 Å². The number of esters is 2. The number of hydrogen-bond donors (Lipinski definition) is 3. The molecular weight excluding hydrogens is 757 g/mol. The summed E-state index contributed by atoms with van der Waals surface area (Å²) < 4.78 is 32.7. The maximum Gasteiger partial charge on any atom is 0.472 e. The SMILES string of the molecule is CC/C=C\C/C=C\C/C=C\C/C=C\CCCCC(=O)OC(COC(=O)CCCCCCCCCCCCCCCCCCCCC)COP(=O)(O)OCC(N)C(=O)O. The Bertz CT molecular complexity index is 1170. The fraction of sp³-hybridized carbons (Fsp3) is 0.761. The zero-order valence-electron chi connectivity index (χ0n) is 36.4. The van der Waals surface area contributed by atoms with Crippen LogP contribution >= 0.6 is 7.82 Å². The van der Waals surface area contributed by atoms with Gasteiger partial charge < -0.3 is 25.2 Å². The van der Waals surface area contributed by atoms with E-state index in [1.807, 2.05) is 0 Å². The predicted molar refractivity (Wildman–Crippen MR) is 235 cm³/mol. The van der Waals surface area contributed by atoms with Crippen LogP contribution in [0.15, 0.2) is 48.6 Å². The Morgan fingerprint density at radius 3 is 1.45 bits per heavy atom. The minimum absolute atomic E-state index is 0.109. The second kappa shape index (κ2) is 41.2. The molecule has 0 aromatic heterocycles. The first-order valence-electron chi connectivity index (χ1n) is 22.7. The first kappa shape index (κ1) is 55.4. The number of nitrogens with two attached hydrogens (primary N) is 1. The highest BCUT2D eigenvalue weighted by Crippen LogP contribution is 2.43. The smallest absolute Gasteiger partial charge is 0.472 e. The van der Waals surface area contributed by atoms with Crippen LogP contribution in [0.3, 0.4) is 0 Å². The molecule has 58 heavy (non-hydrogen) atoms. The molecule has 0 heterocycles. The van der Waals surface area contributed by atoms with Crippen LogP contribution in [0.4, 0.5) is 0 Å². The van der Waals surface area contributed by atoms with E-state index in [4.69, 9.17) is 24.8 Å². The number of rotatable bonds is 42. The summed E-state index contributed by atoms with van der Waals surface area (Å²) in [6.45, 7) is 2.66. The molecule has 0 spiro atoms. The molecule has 0 bridgehead atoms. The molecule has 0 aliphatic carbocycles. The van der Waals surface area contributed by atoms with Crippen molar-refractivity contribution in [1.29, 1.82) is 0 Å². The van der Waals surface area contributed by atoms with Crippen molar-refractivity contribution in [3.63, 3.8) is 0 Å². The maximum absolute atomic E-state index is 12.6. The van der Waals surface area contributed by atoms with Crippen LogP contribution in [0.1, 0.15) is 194 Å². The van der Waals surface area contributed by atoms with E-state index in [1.165, 1.54) is 96.3 Å². The summed E-state index contributed by atoms with van der Waals surface area (Å²) in [4.78, 5) is 46.0. The van der Waals surface area contributed by atoms with Gasteiger partial charge in [0.2, 0.25) is 0 Å². The lowest BCUT2D eigenvalue weighted by Gasteiger charge is -2.20. The molecule has 0 aliphatic rings. The third-order valence-corrected chi connectivity index (χ3v) is 10.5. The van der Waals surface area contributed by atoms with Gasteiger partial charge in [-0.1, -0.05) is 178 Å². The van der Waals surface area contributed by atoms with Crippen LogP contribution in [0, 0.1) is 0 Å². The number of aliphatic carboxylic acids is 1. The van der Waals surface area contributed by atoms with Crippen molar-refractivity contribution in [1.82, 2.24) is 0 Å². The third kappa shape index (κ3) is 40.2. The van der Waals surface area contributed by atoms with Gasteiger partial charge in [0.25, 0.3) is 0 Å². The molecular formula is C46H82NO10P. The summed E-state index contributed by atoms with van der Waals surface area (Å²) in [5.41, 5.74) is 5.33. The number of phosphoric ester groups is 1. The van der Waals surface area contributed by atoms with Gasteiger partial charge in [-0.05, 0) is 51.4 Å². The van der Waals surface area contributed by atoms with Crippen LogP contribution in [-0.2, 0) is 37.5 Å². The number of ether oxygens (including phenoxy) is 2. The van der Waals surface area contributed by atoms with Crippen molar-refractivity contribution in [3.05, 3.63) is 48.6 Å². The van der Waals surface area contributed by atoms with Crippen molar-refractivity contribution in [2.45, 2.75) is 206 Å². The van der Waals surface area contributed by atoms with Crippen LogP contribution in [0.5, 0.6) is 0 Å². The Kier molecular flexibility index (Phi) is 39.4. The monoisotopic (exact) mass is 840 g/mol. The van der Waals surface area contributed by atoms with E-state index >= 15 is 0 Å². The van der Waals surface area contributed by atoms with E-state index in [2.05, 4.69) is 67.0 Å². The number of phosphoric acid groups is 1. The van der Waals surface area contributed by atoms with E-state index in [-0.39, 0.29) is 19.4 Å². The van der Waals surface area contributed by atoms with Crippen molar-refractivity contribution < 1.29 is 47.5 Å². The Balaban J connectivity index is 4.35. The number of carbonyl (C=O) groups is 3. The summed E-state index contributed by atoms with van der Waals surface area (Å²) >= 11 is 0. The first-order valence-corrected chi connectivity index (χ1v) is 24.2. The molecule has 3 unspecified atom stereocenters. The zero-order valence-corrected chi connectivity index (χ0v) is 37.3. The summed E-state index contributed by atoms with van der Waals surface area (Å²) in [5.74, 6) is -2.43. The number of hydrogen-bond acceptors (Lipinski definition) is 9. The van der Waals surface area contributed by atoms with Gasteiger partial charge in [-0.15, -0.1) is 0 Å². The molecule has 0 fully saturated rings. The summed E-state index contributed by atoms with van der Waals surface area (Å²) in [7, 11) is -4.73. The molecule has 0 amide bonds. The van der Waals surface area contributed by atoms with Crippen LogP contribution in [0.2, 0.25) is 0 Å². The lowest BCUT2D eigenvalue weighted by Crippen LogP contribution is -2.34. The normalized spacial score (nSPS) is 14.1. The molecule has 0 rings (SSSR count). The van der Waals surface area contributed by atoms with Crippen molar-refractivity contribution in [2.75, 3.05) is 19.8 Å². The Labute approximate surface area is 352 Å². The van der Waals surface area contributed by atoms with Gasteiger partial charge in [0, 0.05) is 12.8 Å². The fourth-order valence-corrected chi connectivity index (χ4v) is 6.83. The minimum Gasteiger partial charge on any atom is -0.480 e. The van der Waals surface area contributed by atoms with Crippen LogP contribution < -0.4 is 5.73 Å². The van der Waals surface area contributed by atoms with E-state index in [0.717, 1.165) is 57.8 Å². The molecule has 4 N–H and O–H groups in total. The third-order valence-electron chi connectivity index (χ3n) is 9.59. The van der Waals surface area contributed by atoms with E-state index in [9.17, 15) is 23.8 Å². The molecule has 0 aromatic rings. The summed E-state index contributed by atoms with van der Waals surface area (Å²) in [6, 6.07) is -1.53. The standard InChI is InChI=1S/C46H82NO10P/c1-3-5-7-9-11-13-15-17-19-20-21-22-24-25-27-29-31-33-35-37-44(48)54-39-42(40-55-58(52,53)56-41-43(47)46(50)51)57-45(49)38-36-34-32-30-28-26-23-18-16-14-12-10-8-6-4-2/h6,8,12,14,18,23,28,30,42-43H,3-5,7,9-11,13,15-17,19-22,24-27,29,31-41,47H2,1-2H3,(H,50,51)(H,52,53)/b8-6-,14-12-,23-18-,30-28-. The average molecular weight is 840 g/mol. The number of allylic oxidation sites excluding steroid dienone is 8. The van der Waals surface area contributed by atoms with Gasteiger partial charge in [-0.25, -0.2) is 4.57 Å². The Morgan fingerprint density at radius 2 is 0.966 bits per heavy atom. The zero-order chi connectivity index (χ0) is 42.8. The highest BCUT2D eigenvalue weighted by Gasteiger charge is 2.28. The van der Waals surface area contributed by atoms with Gasteiger partial charge in [0.15, 0.2) is 6.10 Å². The van der Waals surface area contributed by atoms with Gasteiger partial charge in [0.05, 0.1) is 13.2 Å². The number of carbonyl (C=O) groups excluding carboxylic acids is 2. The van der Waals surface area contributed by atoms with Gasteiger partial charge in [-0.3, -0.25) is 23.4 Å². The van der Waals surface area contributed by atoms with Crippen molar-refractivity contribution in [3.8, 4) is 0 Å². The fourth-order valence-electron chi connectivity index (χ4n) is 6.06. The molecule has 336 valence electrons. The van der Waals surface area contributed by atoms with E-state index < -0.39 is 51.1 Å². The summed E-state index contributed by atoms with van der Waals surface area (Å²) in [5, 5.41) is 8.89. The first-order chi connectivity index (χ1) is 28.1. The van der Waals surface area contributed by atoms with Crippen LogP contribution in [-0.4, -0.2) is 59.9 Å². The van der Waals surface area contributed by atoms with Crippen LogP contribution in [0.25, 0.3) is 0 Å². The Hall–Kier alpha value is -2.56. The second-order valence-corrected chi connectivity index (χ2v) is 16.6. The number of carboxylic acid groups (broad SMARTS) is 1. The molecule has 3 atom stereocenters. The number of unbranched alkanes of at least 4 members (excludes halogenated alkanes) is 20. The quantitative estimate of drug-likeness (QED) is 0.0231. The van der Waals surface area contributed by atoms with Gasteiger partial charge in [0.1, 0.15) is 12.6 Å². The molecule has 0 aromatic carbocycles. The van der Waals surface area contributed by atoms with Crippen molar-refractivity contribution >= 4 is 25.7 Å². The maximum atomic E-state index is 12.6. The molecule has 11 nitrogen and oxygen atoms in total. The van der Waals surface area contributed by atoms with Crippen molar-refractivity contribution in [2.24, 2.45) is 5.73 Å². The highest BCUT2D eigenvalue weighted by molar-refractivity contribution is 7.47. The topological polar surface area (TPSA) is 172 Å². The molecule has 0 saturated heterocycles. The highest BCUT2D eigenvalue weighted by atomic mass is 31.2. The lowest BCUT2D eigenvalue weighted by atomic mass is 10.0. The predicted octanol–water partition coefficient (Wildman–Crippen LogP) is 12.2. The Morgan fingerprint density at radius 1 is 0.552 bits per heavy atom. The lowest BCUT2D eigenvalue weighted by molar-refractivity contribution is -0.161. The van der Waals surface area contributed by atoms with Gasteiger partial charge >= 0.3 is 25.7 Å². The molecule has 0 saturated carbocycles. The average Bonchev–Trinajstić information content (AvgIpc) is 3.20. The van der Waals surface area contributed by atoms with E-state index in [0.29, 0.717) is 12.8 Å².